The van der Waals surface area contributed by atoms with Crippen molar-refractivity contribution in [1.29, 1.82) is 0 Å². The molecule has 0 unspecified atom stereocenters. The third kappa shape index (κ3) is 3.95. The number of amides is 1. The van der Waals surface area contributed by atoms with Crippen LogP contribution in [0.2, 0.25) is 0 Å². The first-order chi connectivity index (χ1) is 11.2. The molecular weight excluding hydrogens is 314 g/mol. The summed E-state index contributed by atoms with van der Waals surface area (Å²) in [6, 6.07) is 11.0. The number of thiophene rings is 1. The summed E-state index contributed by atoms with van der Waals surface area (Å²) in [5.74, 6) is 1.52. The summed E-state index contributed by atoms with van der Waals surface area (Å²) >= 11 is 1.53. The fourth-order valence-corrected chi connectivity index (χ4v) is 2.64. The standard InChI is InChI=1S/C16H15N3O3S/c1-21-12-5-2-4-11(10-12)17-14(20)7-8-15-18-19-16(22-15)13-6-3-9-23-13/h2-6,9-10H,7-8H2,1H3,(H,17,20). The predicted octanol–water partition coefficient (Wildman–Crippen LogP) is 3.38. The van der Waals surface area contributed by atoms with Crippen LogP contribution in [0.4, 0.5) is 5.69 Å². The zero-order valence-corrected chi connectivity index (χ0v) is 13.3. The van der Waals surface area contributed by atoms with Crippen LogP contribution in [-0.2, 0) is 11.2 Å². The number of benzene rings is 1. The summed E-state index contributed by atoms with van der Waals surface area (Å²) in [7, 11) is 1.59. The van der Waals surface area contributed by atoms with E-state index in [-0.39, 0.29) is 12.3 Å². The summed E-state index contributed by atoms with van der Waals surface area (Å²) < 4.78 is 10.7. The minimum atomic E-state index is -0.117. The molecule has 2 heterocycles. The lowest BCUT2D eigenvalue weighted by atomic mass is 10.2. The normalized spacial score (nSPS) is 10.5. The minimum Gasteiger partial charge on any atom is -0.497 e. The summed E-state index contributed by atoms with van der Waals surface area (Å²) in [6.07, 6.45) is 0.664. The van der Waals surface area contributed by atoms with Gasteiger partial charge in [0.25, 0.3) is 5.89 Å². The molecule has 0 aliphatic heterocycles. The van der Waals surface area contributed by atoms with Crippen LogP contribution in [0, 0.1) is 0 Å². The molecule has 0 atom stereocenters. The number of nitrogens with zero attached hydrogens (tertiary/aromatic N) is 2. The van der Waals surface area contributed by atoms with E-state index in [9.17, 15) is 4.79 Å². The summed E-state index contributed by atoms with van der Waals surface area (Å²) in [5, 5.41) is 12.7. The average Bonchev–Trinajstić information content (AvgIpc) is 3.24. The highest BCUT2D eigenvalue weighted by Gasteiger charge is 2.11. The number of ether oxygens (including phenoxy) is 1. The number of hydrogen-bond donors (Lipinski definition) is 1. The van der Waals surface area contributed by atoms with Gasteiger partial charge < -0.3 is 14.5 Å². The molecule has 0 aliphatic carbocycles. The maximum atomic E-state index is 12.0. The molecule has 3 rings (SSSR count). The number of hydrogen-bond acceptors (Lipinski definition) is 6. The van der Waals surface area contributed by atoms with Gasteiger partial charge in [-0.15, -0.1) is 21.5 Å². The molecule has 0 saturated heterocycles. The Morgan fingerprint density at radius 3 is 3.00 bits per heavy atom. The smallest absolute Gasteiger partial charge is 0.257 e. The number of aryl methyl sites for hydroxylation is 1. The fraction of sp³-hybridized carbons (Fsp3) is 0.188. The number of nitrogens with one attached hydrogen (secondary N) is 1. The Balaban J connectivity index is 1.54. The Kier molecular flexibility index (Phi) is 4.68. The molecular formula is C16H15N3O3S. The van der Waals surface area contributed by atoms with Gasteiger partial charge >= 0.3 is 0 Å². The number of aromatic nitrogens is 2. The number of methoxy groups -OCH3 is 1. The minimum absolute atomic E-state index is 0.117. The van der Waals surface area contributed by atoms with Crippen molar-refractivity contribution in [2.75, 3.05) is 12.4 Å². The summed E-state index contributed by atoms with van der Waals surface area (Å²) in [6.45, 7) is 0. The van der Waals surface area contributed by atoms with Crippen molar-refractivity contribution in [3.05, 3.63) is 47.7 Å². The first-order valence-electron chi connectivity index (χ1n) is 7.05. The zero-order valence-electron chi connectivity index (χ0n) is 12.5. The van der Waals surface area contributed by atoms with Crippen LogP contribution < -0.4 is 10.1 Å². The highest BCUT2D eigenvalue weighted by molar-refractivity contribution is 7.13. The van der Waals surface area contributed by atoms with Gasteiger partial charge in [0, 0.05) is 24.6 Å². The van der Waals surface area contributed by atoms with Crippen LogP contribution in [0.5, 0.6) is 5.75 Å². The highest BCUT2D eigenvalue weighted by atomic mass is 32.1. The van der Waals surface area contributed by atoms with Crippen molar-refractivity contribution in [2.24, 2.45) is 0 Å². The number of rotatable bonds is 6. The SMILES string of the molecule is COc1cccc(NC(=O)CCc2nnc(-c3cccs3)o2)c1. The molecule has 1 N–H and O–H groups in total. The van der Waals surface area contributed by atoms with Crippen LogP contribution >= 0.6 is 11.3 Å². The lowest BCUT2D eigenvalue weighted by Gasteiger charge is -2.06. The van der Waals surface area contributed by atoms with E-state index in [1.165, 1.54) is 11.3 Å². The van der Waals surface area contributed by atoms with Gasteiger partial charge in [0.1, 0.15) is 5.75 Å². The monoisotopic (exact) mass is 329 g/mol. The highest BCUT2D eigenvalue weighted by Crippen LogP contribution is 2.23. The van der Waals surface area contributed by atoms with Crippen LogP contribution in [0.25, 0.3) is 10.8 Å². The van der Waals surface area contributed by atoms with Crippen molar-refractivity contribution in [3.63, 3.8) is 0 Å². The molecule has 0 aliphatic rings. The number of carbonyl (C=O) groups excluding carboxylic acids is 1. The fourth-order valence-electron chi connectivity index (χ4n) is 2.00. The van der Waals surface area contributed by atoms with Crippen LogP contribution in [0.1, 0.15) is 12.3 Å². The Hall–Kier alpha value is -2.67. The second-order valence-electron chi connectivity index (χ2n) is 4.76. The first kappa shape index (κ1) is 15.2. The Morgan fingerprint density at radius 2 is 2.22 bits per heavy atom. The first-order valence-corrected chi connectivity index (χ1v) is 7.93. The third-order valence-electron chi connectivity index (χ3n) is 3.12. The van der Waals surface area contributed by atoms with Crippen molar-refractivity contribution >= 4 is 22.9 Å². The van der Waals surface area contributed by atoms with Gasteiger partial charge in [-0.05, 0) is 23.6 Å². The van der Waals surface area contributed by atoms with Crippen molar-refractivity contribution in [3.8, 4) is 16.5 Å². The van der Waals surface area contributed by atoms with Gasteiger partial charge in [0.05, 0.1) is 12.0 Å². The molecule has 2 aromatic heterocycles. The lowest BCUT2D eigenvalue weighted by molar-refractivity contribution is -0.116. The lowest BCUT2D eigenvalue weighted by Crippen LogP contribution is -2.12. The van der Waals surface area contributed by atoms with E-state index in [1.807, 2.05) is 35.7 Å². The Morgan fingerprint density at radius 1 is 1.30 bits per heavy atom. The molecule has 118 valence electrons. The van der Waals surface area contributed by atoms with Gasteiger partial charge in [-0.1, -0.05) is 12.1 Å². The van der Waals surface area contributed by atoms with Crippen LogP contribution in [-0.4, -0.2) is 23.2 Å². The van der Waals surface area contributed by atoms with E-state index in [0.717, 1.165) is 4.88 Å². The zero-order chi connectivity index (χ0) is 16.1. The second kappa shape index (κ2) is 7.06. The Bertz CT molecular complexity index is 783. The van der Waals surface area contributed by atoms with E-state index < -0.39 is 0 Å². The quantitative estimate of drug-likeness (QED) is 0.750. The summed E-state index contributed by atoms with van der Waals surface area (Å²) in [4.78, 5) is 12.9. The molecule has 1 amide bonds. The van der Waals surface area contributed by atoms with Gasteiger partial charge in [-0.2, -0.15) is 0 Å². The molecule has 0 bridgehead atoms. The number of carbonyl (C=O) groups is 1. The van der Waals surface area contributed by atoms with E-state index in [0.29, 0.717) is 29.6 Å². The van der Waals surface area contributed by atoms with Gasteiger partial charge in [0.2, 0.25) is 11.8 Å². The molecule has 7 heteroatoms. The molecule has 0 spiro atoms. The van der Waals surface area contributed by atoms with E-state index in [1.54, 1.807) is 13.2 Å². The third-order valence-corrected chi connectivity index (χ3v) is 3.98. The van der Waals surface area contributed by atoms with E-state index in [2.05, 4.69) is 15.5 Å². The maximum Gasteiger partial charge on any atom is 0.257 e. The molecule has 1 aromatic carbocycles. The Labute approximate surface area is 137 Å². The molecule has 0 fully saturated rings. The van der Waals surface area contributed by atoms with Gasteiger partial charge in [0.15, 0.2) is 0 Å². The van der Waals surface area contributed by atoms with E-state index >= 15 is 0 Å². The van der Waals surface area contributed by atoms with Crippen LogP contribution in [0.15, 0.2) is 46.2 Å². The van der Waals surface area contributed by atoms with E-state index in [4.69, 9.17) is 9.15 Å². The molecule has 3 aromatic rings. The van der Waals surface area contributed by atoms with Crippen molar-refractivity contribution < 1.29 is 13.9 Å². The number of anilines is 1. The van der Waals surface area contributed by atoms with Gasteiger partial charge in [-0.25, -0.2) is 0 Å². The van der Waals surface area contributed by atoms with Crippen molar-refractivity contribution in [1.82, 2.24) is 10.2 Å². The maximum absolute atomic E-state index is 12.0. The summed E-state index contributed by atoms with van der Waals surface area (Å²) in [5.41, 5.74) is 0.694. The second-order valence-corrected chi connectivity index (χ2v) is 5.71. The molecule has 6 nitrogen and oxygen atoms in total. The largest absolute Gasteiger partial charge is 0.497 e. The van der Waals surface area contributed by atoms with Gasteiger partial charge in [-0.3, -0.25) is 4.79 Å². The molecule has 0 radical (unpaired) electrons. The molecule has 0 saturated carbocycles. The molecule has 23 heavy (non-hydrogen) atoms. The van der Waals surface area contributed by atoms with Crippen LogP contribution in [0.3, 0.4) is 0 Å². The van der Waals surface area contributed by atoms with Crippen molar-refractivity contribution in [2.45, 2.75) is 12.8 Å². The topological polar surface area (TPSA) is 77.2 Å². The predicted molar refractivity (Wildman–Crippen MR) is 87.6 cm³/mol. The average molecular weight is 329 g/mol.